The highest BCUT2D eigenvalue weighted by molar-refractivity contribution is 6.07. The first kappa shape index (κ1) is 17.0. The molecule has 2 N–H and O–H groups in total. The van der Waals surface area contributed by atoms with E-state index >= 15 is 0 Å². The van der Waals surface area contributed by atoms with Crippen molar-refractivity contribution in [2.45, 2.75) is 25.8 Å². The maximum atomic E-state index is 13.6. The van der Waals surface area contributed by atoms with E-state index in [2.05, 4.69) is 10.6 Å². The van der Waals surface area contributed by atoms with Gasteiger partial charge in [0.15, 0.2) is 0 Å². The van der Waals surface area contributed by atoms with Crippen LogP contribution in [0.2, 0.25) is 0 Å². The second-order valence-corrected chi connectivity index (χ2v) is 6.37. The minimum absolute atomic E-state index is 0.171. The Bertz CT molecular complexity index is 871. The predicted molar refractivity (Wildman–Crippen MR) is 85.6 cm³/mol. The monoisotopic (exact) mass is 348 g/mol. The van der Waals surface area contributed by atoms with Gasteiger partial charge in [-0.15, -0.1) is 0 Å². The Morgan fingerprint density at radius 2 is 1.76 bits per heavy atom. The van der Waals surface area contributed by atoms with Crippen LogP contribution < -0.4 is 10.6 Å². The van der Waals surface area contributed by atoms with Crippen molar-refractivity contribution >= 4 is 17.5 Å². The minimum Gasteiger partial charge on any atom is -0.348 e. The summed E-state index contributed by atoms with van der Waals surface area (Å²) >= 11 is 0. The van der Waals surface area contributed by atoms with E-state index in [-0.39, 0.29) is 11.5 Å². The largest absolute Gasteiger partial charge is 0.348 e. The Kier molecular flexibility index (Phi) is 4.02. The van der Waals surface area contributed by atoms with Gasteiger partial charge in [-0.05, 0) is 31.5 Å². The lowest BCUT2D eigenvalue weighted by molar-refractivity contribution is -0.119. The first-order valence-corrected chi connectivity index (χ1v) is 7.58. The molecule has 1 heterocycles. The summed E-state index contributed by atoms with van der Waals surface area (Å²) < 4.78 is 40.1. The lowest BCUT2D eigenvalue weighted by Crippen LogP contribution is -2.26. The number of hydrogen-bond acceptors (Lipinski definition) is 2. The smallest absolute Gasteiger partial charge is 0.251 e. The molecule has 1 aliphatic rings. The Labute approximate surface area is 142 Å². The van der Waals surface area contributed by atoms with Crippen molar-refractivity contribution in [2.24, 2.45) is 0 Å². The van der Waals surface area contributed by atoms with E-state index in [1.165, 1.54) is 12.1 Å². The number of rotatable bonds is 3. The molecule has 0 saturated heterocycles. The summed E-state index contributed by atoms with van der Waals surface area (Å²) in [6.45, 7) is 3.12. The highest BCUT2D eigenvalue weighted by Gasteiger charge is 2.38. The van der Waals surface area contributed by atoms with Gasteiger partial charge in [-0.3, -0.25) is 9.59 Å². The molecule has 3 rings (SSSR count). The molecular formula is C18H15F3N2O2. The molecule has 2 aromatic carbocycles. The summed E-state index contributed by atoms with van der Waals surface area (Å²) in [7, 11) is 0. The van der Waals surface area contributed by atoms with Gasteiger partial charge in [-0.1, -0.05) is 6.07 Å². The Balaban J connectivity index is 1.78. The quantitative estimate of drug-likeness (QED) is 0.894. The number of benzene rings is 2. The summed E-state index contributed by atoms with van der Waals surface area (Å²) in [5.41, 5.74) is 0.418. The molecule has 0 unspecified atom stereocenters. The zero-order chi connectivity index (χ0) is 18.4. The van der Waals surface area contributed by atoms with Crippen LogP contribution in [0.25, 0.3) is 0 Å². The zero-order valence-electron chi connectivity index (χ0n) is 13.5. The molecule has 0 aliphatic carbocycles. The van der Waals surface area contributed by atoms with E-state index in [0.29, 0.717) is 17.8 Å². The van der Waals surface area contributed by atoms with Crippen molar-refractivity contribution in [1.29, 1.82) is 0 Å². The van der Waals surface area contributed by atoms with E-state index in [4.69, 9.17) is 0 Å². The standard InChI is InChI=1S/C18H15F3N2O2/c1-18(2)12-4-3-9(5-15(12)23-17(18)25)16(24)22-8-11-13(20)6-10(19)7-14(11)21/h3-7H,8H2,1-2H3,(H,22,24)(H,23,25). The van der Waals surface area contributed by atoms with Crippen LogP contribution in [0.4, 0.5) is 18.9 Å². The predicted octanol–water partition coefficient (Wildman–Crippen LogP) is 3.26. The van der Waals surface area contributed by atoms with Crippen LogP contribution in [0.3, 0.4) is 0 Å². The molecule has 7 heteroatoms. The van der Waals surface area contributed by atoms with Crippen molar-refractivity contribution in [3.05, 3.63) is 64.5 Å². The molecule has 130 valence electrons. The molecule has 2 aromatic rings. The van der Waals surface area contributed by atoms with Gasteiger partial charge in [0.25, 0.3) is 5.91 Å². The fourth-order valence-corrected chi connectivity index (χ4v) is 2.75. The molecule has 2 amide bonds. The summed E-state index contributed by atoms with van der Waals surface area (Å²) in [5, 5.41) is 5.09. The van der Waals surface area contributed by atoms with E-state index in [1.54, 1.807) is 19.9 Å². The lowest BCUT2D eigenvalue weighted by Gasteiger charge is -2.15. The van der Waals surface area contributed by atoms with E-state index in [9.17, 15) is 22.8 Å². The summed E-state index contributed by atoms with van der Waals surface area (Å²) in [6, 6.07) is 5.82. The van der Waals surface area contributed by atoms with E-state index < -0.39 is 40.9 Å². The van der Waals surface area contributed by atoms with Gasteiger partial charge < -0.3 is 10.6 Å². The van der Waals surface area contributed by atoms with Crippen LogP contribution in [0.5, 0.6) is 0 Å². The van der Waals surface area contributed by atoms with Crippen LogP contribution in [-0.4, -0.2) is 11.8 Å². The van der Waals surface area contributed by atoms with Crippen molar-refractivity contribution in [2.75, 3.05) is 5.32 Å². The number of hydrogen-bond donors (Lipinski definition) is 2. The molecule has 25 heavy (non-hydrogen) atoms. The van der Waals surface area contributed by atoms with Crippen molar-refractivity contribution < 1.29 is 22.8 Å². The number of nitrogens with one attached hydrogen (secondary N) is 2. The molecule has 0 radical (unpaired) electrons. The molecule has 0 atom stereocenters. The SMILES string of the molecule is CC1(C)C(=O)Nc2cc(C(=O)NCc3c(F)cc(F)cc3F)ccc21. The lowest BCUT2D eigenvalue weighted by atomic mass is 9.86. The molecule has 1 aliphatic heterocycles. The third-order valence-electron chi connectivity index (χ3n) is 4.30. The minimum atomic E-state index is -1.07. The number of anilines is 1. The highest BCUT2D eigenvalue weighted by atomic mass is 19.1. The van der Waals surface area contributed by atoms with E-state index in [0.717, 1.165) is 5.56 Å². The Hall–Kier alpha value is -2.83. The topological polar surface area (TPSA) is 58.2 Å². The first-order chi connectivity index (χ1) is 11.7. The van der Waals surface area contributed by atoms with Gasteiger partial charge >= 0.3 is 0 Å². The third kappa shape index (κ3) is 2.97. The first-order valence-electron chi connectivity index (χ1n) is 7.58. The van der Waals surface area contributed by atoms with Gasteiger partial charge in [0.2, 0.25) is 5.91 Å². The fourth-order valence-electron chi connectivity index (χ4n) is 2.75. The second kappa shape index (κ2) is 5.91. The van der Waals surface area contributed by atoms with Crippen molar-refractivity contribution in [3.8, 4) is 0 Å². The van der Waals surface area contributed by atoms with Crippen LogP contribution >= 0.6 is 0 Å². The second-order valence-electron chi connectivity index (χ2n) is 6.37. The van der Waals surface area contributed by atoms with Gasteiger partial charge in [-0.25, -0.2) is 13.2 Å². The molecule has 0 fully saturated rings. The van der Waals surface area contributed by atoms with Crippen LogP contribution in [0, 0.1) is 17.5 Å². The summed E-state index contributed by atoms with van der Waals surface area (Å²) in [5.74, 6) is -3.90. The molecular weight excluding hydrogens is 333 g/mol. The maximum absolute atomic E-state index is 13.6. The van der Waals surface area contributed by atoms with Gasteiger partial charge in [0, 0.05) is 35.5 Å². The Morgan fingerprint density at radius 3 is 2.40 bits per heavy atom. The number of carbonyl (C=O) groups excluding carboxylic acids is 2. The summed E-state index contributed by atoms with van der Waals surface area (Å²) in [6.07, 6.45) is 0. The zero-order valence-corrected chi connectivity index (χ0v) is 13.5. The van der Waals surface area contributed by atoms with E-state index in [1.807, 2.05) is 0 Å². The van der Waals surface area contributed by atoms with Gasteiger partial charge in [-0.2, -0.15) is 0 Å². The molecule has 0 aromatic heterocycles. The average Bonchev–Trinajstić information content (AvgIpc) is 2.75. The highest BCUT2D eigenvalue weighted by Crippen LogP contribution is 2.37. The molecule has 0 spiro atoms. The van der Waals surface area contributed by atoms with Crippen molar-refractivity contribution in [1.82, 2.24) is 5.32 Å². The number of amides is 2. The summed E-state index contributed by atoms with van der Waals surface area (Å²) in [4.78, 5) is 24.1. The van der Waals surface area contributed by atoms with Gasteiger partial charge in [0.05, 0.1) is 5.41 Å². The van der Waals surface area contributed by atoms with Crippen LogP contribution in [-0.2, 0) is 16.8 Å². The fraction of sp³-hybridized carbons (Fsp3) is 0.222. The number of halogens is 3. The third-order valence-corrected chi connectivity index (χ3v) is 4.30. The molecule has 0 bridgehead atoms. The van der Waals surface area contributed by atoms with Gasteiger partial charge in [0.1, 0.15) is 17.5 Å². The average molecular weight is 348 g/mol. The molecule has 0 saturated carbocycles. The van der Waals surface area contributed by atoms with Crippen molar-refractivity contribution in [3.63, 3.8) is 0 Å². The maximum Gasteiger partial charge on any atom is 0.251 e. The Morgan fingerprint density at radius 1 is 1.12 bits per heavy atom. The number of fused-ring (bicyclic) bond motifs is 1. The molecule has 4 nitrogen and oxygen atoms in total. The normalized spacial score (nSPS) is 14.8. The number of carbonyl (C=O) groups is 2. The van der Waals surface area contributed by atoms with Crippen LogP contribution in [0.15, 0.2) is 30.3 Å². The van der Waals surface area contributed by atoms with Crippen LogP contribution in [0.1, 0.15) is 35.3 Å².